The highest BCUT2D eigenvalue weighted by molar-refractivity contribution is 5.97. The first-order chi connectivity index (χ1) is 11.1. The second-order valence-electron chi connectivity index (χ2n) is 5.50. The Labute approximate surface area is 137 Å². The fourth-order valence-electron chi connectivity index (χ4n) is 2.74. The third-order valence-electron chi connectivity index (χ3n) is 3.84. The quantitative estimate of drug-likeness (QED) is 0.691. The van der Waals surface area contributed by atoms with Crippen molar-refractivity contribution in [3.8, 4) is 0 Å². The third kappa shape index (κ3) is 4.60. The number of Topliss-reactive ketones (excluding diaryl/α,β-unsaturated/α-hetero) is 2. The monoisotopic (exact) mass is 310 g/mol. The van der Waals surface area contributed by atoms with E-state index < -0.39 is 6.10 Å². The minimum Gasteiger partial charge on any atom is -0.370 e. The lowest BCUT2D eigenvalue weighted by molar-refractivity contribution is -0.129. The van der Waals surface area contributed by atoms with Crippen LogP contribution in [0.1, 0.15) is 42.1 Å². The highest BCUT2D eigenvalue weighted by atomic mass is 16.5. The smallest absolute Gasteiger partial charge is 0.163 e. The molecule has 0 heterocycles. The molecule has 0 aliphatic heterocycles. The van der Waals surface area contributed by atoms with Gasteiger partial charge in [-0.3, -0.25) is 9.59 Å². The van der Waals surface area contributed by atoms with Crippen molar-refractivity contribution >= 4 is 11.6 Å². The summed E-state index contributed by atoms with van der Waals surface area (Å²) in [5.41, 5.74) is 1.61. The number of ether oxygens (including phenoxy) is 1. The van der Waals surface area contributed by atoms with E-state index in [1.807, 2.05) is 55.5 Å². The number of hydrogen-bond acceptors (Lipinski definition) is 3. The Morgan fingerprint density at radius 1 is 0.957 bits per heavy atom. The third-order valence-corrected chi connectivity index (χ3v) is 3.84. The van der Waals surface area contributed by atoms with Gasteiger partial charge in [-0.1, -0.05) is 60.7 Å². The maximum Gasteiger partial charge on any atom is 0.163 e. The maximum absolute atomic E-state index is 12.6. The number of ketones is 2. The molecular formula is C20H22O3. The van der Waals surface area contributed by atoms with Crippen molar-refractivity contribution in [2.24, 2.45) is 0 Å². The van der Waals surface area contributed by atoms with Gasteiger partial charge in [0.15, 0.2) is 11.6 Å². The standard InChI is InChI=1S/C20H22O3/c1-3-23-20(15(2)21)18(16-10-6-4-7-11-16)14-19(22)17-12-8-5-9-13-17/h4-13,18,20H,3,14H2,1-2H3. The minimum atomic E-state index is -0.602. The van der Waals surface area contributed by atoms with Gasteiger partial charge in [-0.05, 0) is 19.4 Å². The van der Waals surface area contributed by atoms with Crippen molar-refractivity contribution < 1.29 is 14.3 Å². The largest absolute Gasteiger partial charge is 0.370 e. The van der Waals surface area contributed by atoms with E-state index in [9.17, 15) is 9.59 Å². The van der Waals surface area contributed by atoms with Gasteiger partial charge < -0.3 is 4.74 Å². The predicted octanol–water partition coefficient (Wildman–Crippen LogP) is 4.04. The zero-order valence-electron chi connectivity index (χ0n) is 13.6. The zero-order valence-corrected chi connectivity index (χ0v) is 13.6. The first-order valence-corrected chi connectivity index (χ1v) is 7.88. The first-order valence-electron chi connectivity index (χ1n) is 7.88. The van der Waals surface area contributed by atoms with Crippen LogP contribution in [0.3, 0.4) is 0 Å². The Balaban J connectivity index is 2.30. The Hall–Kier alpha value is -2.26. The average Bonchev–Trinajstić information content (AvgIpc) is 2.59. The van der Waals surface area contributed by atoms with Crippen molar-refractivity contribution in [3.63, 3.8) is 0 Å². The summed E-state index contributed by atoms with van der Waals surface area (Å²) in [6.45, 7) is 3.81. The van der Waals surface area contributed by atoms with E-state index in [0.29, 0.717) is 12.2 Å². The normalized spacial score (nSPS) is 13.3. The van der Waals surface area contributed by atoms with E-state index in [4.69, 9.17) is 4.74 Å². The van der Waals surface area contributed by atoms with E-state index in [-0.39, 0.29) is 23.9 Å². The fourth-order valence-corrected chi connectivity index (χ4v) is 2.74. The summed E-state index contributed by atoms with van der Waals surface area (Å²) in [6.07, 6.45) is -0.354. The number of carbonyl (C=O) groups is 2. The molecule has 23 heavy (non-hydrogen) atoms. The molecule has 2 aromatic rings. The topological polar surface area (TPSA) is 43.4 Å². The molecule has 2 rings (SSSR count). The van der Waals surface area contributed by atoms with E-state index in [0.717, 1.165) is 5.56 Å². The van der Waals surface area contributed by atoms with E-state index in [1.54, 1.807) is 12.1 Å². The van der Waals surface area contributed by atoms with Crippen LogP contribution >= 0.6 is 0 Å². The lowest BCUT2D eigenvalue weighted by Crippen LogP contribution is -2.31. The van der Waals surface area contributed by atoms with E-state index in [2.05, 4.69) is 0 Å². The Bertz CT molecular complexity index is 634. The van der Waals surface area contributed by atoms with Crippen molar-refractivity contribution in [1.29, 1.82) is 0 Å². The van der Waals surface area contributed by atoms with Gasteiger partial charge in [0.2, 0.25) is 0 Å². The summed E-state index contributed by atoms with van der Waals surface area (Å²) in [7, 11) is 0. The molecule has 3 heteroatoms. The van der Waals surface area contributed by atoms with Gasteiger partial charge in [0, 0.05) is 24.5 Å². The molecule has 0 aliphatic carbocycles. The lowest BCUT2D eigenvalue weighted by Gasteiger charge is -2.25. The summed E-state index contributed by atoms with van der Waals surface area (Å²) in [6, 6.07) is 18.8. The van der Waals surface area contributed by atoms with Crippen LogP contribution in [0.25, 0.3) is 0 Å². The molecule has 0 saturated heterocycles. The van der Waals surface area contributed by atoms with Crippen LogP contribution in [0.4, 0.5) is 0 Å². The fraction of sp³-hybridized carbons (Fsp3) is 0.300. The number of carbonyl (C=O) groups excluding carboxylic acids is 2. The van der Waals surface area contributed by atoms with Crippen molar-refractivity contribution in [2.45, 2.75) is 32.3 Å². The molecule has 0 saturated carbocycles. The highest BCUT2D eigenvalue weighted by Gasteiger charge is 2.29. The van der Waals surface area contributed by atoms with Gasteiger partial charge in [0.25, 0.3) is 0 Å². The molecule has 0 aliphatic rings. The van der Waals surface area contributed by atoms with Gasteiger partial charge >= 0.3 is 0 Å². The summed E-state index contributed by atoms with van der Waals surface area (Å²) >= 11 is 0. The molecule has 3 nitrogen and oxygen atoms in total. The van der Waals surface area contributed by atoms with Crippen LogP contribution in [-0.4, -0.2) is 24.3 Å². The molecule has 2 unspecified atom stereocenters. The lowest BCUT2D eigenvalue weighted by atomic mass is 9.85. The van der Waals surface area contributed by atoms with Crippen LogP contribution < -0.4 is 0 Å². The predicted molar refractivity (Wildman–Crippen MR) is 90.7 cm³/mol. The van der Waals surface area contributed by atoms with E-state index >= 15 is 0 Å². The summed E-state index contributed by atoms with van der Waals surface area (Å²) < 4.78 is 5.65. The second-order valence-corrected chi connectivity index (χ2v) is 5.50. The van der Waals surface area contributed by atoms with Crippen LogP contribution in [-0.2, 0) is 9.53 Å². The van der Waals surface area contributed by atoms with Crippen LogP contribution in [0.2, 0.25) is 0 Å². The number of rotatable bonds is 8. The SMILES string of the molecule is CCOC(C(C)=O)C(CC(=O)c1ccccc1)c1ccccc1. The van der Waals surface area contributed by atoms with Crippen molar-refractivity contribution in [2.75, 3.05) is 6.61 Å². The van der Waals surface area contributed by atoms with Crippen LogP contribution in [0.15, 0.2) is 60.7 Å². The van der Waals surface area contributed by atoms with Gasteiger partial charge in [0.1, 0.15) is 6.10 Å². The molecule has 0 aromatic heterocycles. The zero-order chi connectivity index (χ0) is 16.7. The summed E-state index contributed by atoms with van der Waals surface area (Å²) in [4.78, 5) is 24.6. The molecule has 0 bridgehead atoms. The molecule has 0 N–H and O–H groups in total. The number of benzene rings is 2. The first kappa shape index (κ1) is 17.1. The molecule has 2 atom stereocenters. The number of hydrogen-bond donors (Lipinski definition) is 0. The molecule has 0 fully saturated rings. The summed E-state index contributed by atoms with van der Waals surface area (Å²) in [5, 5.41) is 0. The van der Waals surface area contributed by atoms with Crippen molar-refractivity contribution in [1.82, 2.24) is 0 Å². The van der Waals surface area contributed by atoms with E-state index in [1.165, 1.54) is 6.92 Å². The average molecular weight is 310 g/mol. The molecule has 120 valence electrons. The van der Waals surface area contributed by atoms with Crippen LogP contribution in [0.5, 0.6) is 0 Å². The Morgan fingerprint density at radius 3 is 2.04 bits per heavy atom. The van der Waals surface area contributed by atoms with Gasteiger partial charge in [-0.2, -0.15) is 0 Å². The maximum atomic E-state index is 12.6. The molecule has 2 aromatic carbocycles. The molecule has 0 amide bonds. The Morgan fingerprint density at radius 2 is 1.52 bits per heavy atom. The molecular weight excluding hydrogens is 288 g/mol. The summed E-state index contributed by atoms with van der Waals surface area (Å²) in [5.74, 6) is -0.312. The Kier molecular flexibility index (Phi) is 6.24. The van der Waals surface area contributed by atoms with Gasteiger partial charge in [-0.25, -0.2) is 0 Å². The van der Waals surface area contributed by atoms with Gasteiger partial charge in [-0.15, -0.1) is 0 Å². The van der Waals surface area contributed by atoms with Gasteiger partial charge in [0.05, 0.1) is 0 Å². The van der Waals surface area contributed by atoms with Crippen LogP contribution in [0, 0.1) is 0 Å². The molecule has 0 radical (unpaired) electrons. The van der Waals surface area contributed by atoms with Crippen molar-refractivity contribution in [3.05, 3.63) is 71.8 Å². The highest BCUT2D eigenvalue weighted by Crippen LogP contribution is 2.28. The second kappa shape index (κ2) is 8.39. The minimum absolute atomic E-state index is 0.0189. The molecule has 0 spiro atoms.